The fourth-order valence-electron chi connectivity index (χ4n) is 5.69. The number of benzene rings is 1. The first-order valence-corrected chi connectivity index (χ1v) is 13.2. The number of hydrogen-bond donors (Lipinski definition) is 1. The highest BCUT2D eigenvalue weighted by atomic mass is 16.3. The third-order valence-electron chi connectivity index (χ3n) is 7.70. The molecule has 1 aromatic carbocycles. The van der Waals surface area contributed by atoms with Crippen LogP contribution in [0.2, 0.25) is 0 Å². The molecular weight excluding hydrogens is 428 g/mol. The summed E-state index contributed by atoms with van der Waals surface area (Å²) >= 11 is 0. The molecule has 3 saturated heterocycles. The van der Waals surface area contributed by atoms with Gasteiger partial charge in [-0.1, -0.05) is 26.0 Å². The van der Waals surface area contributed by atoms with Gasteiger partial charge in [0.15, 0.2) is 0 Å². The zero-order valence-electron chi connectivity index (χ0n) is 21.0. The molecule has 0 bridgehead atoms. The first-order valence-electron chi connectivity index (χ1n) is 13.2. The van der Waals surface area contributed by atoms with Crippen LogP contribution in [-0.4, -0.2) is 85.2 Å². The summed E-state index contributed by atoms with van der Waals surface area (Å²) in [5.41, 5.74) is 1.99. The number of nitrogens with zero attached hydrogens (tertiary/aromatic N) is 4. The molecule has 7 heteroatoms. The van der Waals surface area contributed by atoms with Crippen LogP contribution < -0.4 is 9.80 Å². The summed E-state index contributed by atoms with van der Waals surface area (Å²) < 4.78 is 0. The number of amides is 2. The number of aliphatic hydroxyl groups excluding tert-OH is 1. The smallest absolute Gasteiger partial charge is 0.242 e. The molecule has 3 aliphatic heterocycles. The Hall–Kier alpha value is -2.28. The summed E-state index contributed by atoms with van der Waals surface area (Å²) in [7, 11) is 0. The quantitative estimate of drug-likeness (QED) is 0.692. The number of hydrogen-bond acceptors (Lipinski definition) is 5. The Morgan fingerprint density at radius 2 is 1.38 bits per heavy atom. The normalized spacial score (nSPS) is 24.3. The van der Waals surface area contributed by atoms with Gasteiger partial charge in [-0.2, -0.15) is 0 Å². The number of aliphatic hydroxyl groups is 1. The summed E-state index contributed by atoms with van der Waals surface area (Å²) in [5, 5.41) is 9.98. The number of para-hydroxylation sites is 2. The van der Waals surface area contributed by atoms with Crippen LogP contribution in [0, 0.1) is 11.8 Å². The van der Waals surface area contributed by atoms with Gasteiger partial charge in [0.25, 0.3) is 0 Å². The highest BCUT2D eigenvalue weighted by molar-refractivity contribution is 5.89. The summed E-state index contributed by atoms with van der Waals surface area (Å²) in [6.07, 6.45) is 5.66. The molecule has 3 fully saturated rings. The second kappa shape index (κ2) is 11.4. The lowest BCUT2D eigenvalue weighted by atomic mass is 10.00. The minimum absolute atomic E-state index is 0.107. The van der Waals surface area contributed by atoms with Crippen molar-refractivity contribution >= 4 is 23.2 Å². The molecule has 0 aliphatic carbocycles. The number of likely N-dealkylation sites (tertiary alicyclic amines) is 2. The van der Waals surface area contributed by atoms with E-state index in [1.807, 2.05) is 32.9 Å². The van der Waals surface area contributed by atoms with Crippen molar-refractivity contribution in [2.24, 2.45) is 11.8 Å². The average molecular weight is 471 g/mol. The van der Waals surface area contributed by atoms with E-state index in [2.05, 4.69) is 24.8 Å². The maximum atomic E-state index is 13.4. The van der Waals surface area contributed by atoms with Gasteiger partial charge >= 0.3 is 0 Å². The van der Waals surface area contributed by atoms with Gasteiger partial charge in [0.1, 0.15) is 0 Å². The molecule has 0 unspecified atom stereocenters. The highest BCUT2D eigenvalue weighted by Crippen LogP contribution is 2.32. The lowest BCUT2D eigenvalue weighted by Gasteiger charge is -2.38. The highest BCUT2D eigenvalue weighted by Gasteiger charge is 2.29. The van der Waals surface area contributed by atoms with Crippen LogP contribution in [0.1, 0.15) is 52.4 Å². The number of carbonyl (C=O) groups excluding carboxylic acids is 2. The van der Waals surface area contributed by atoms with Crippen molar-refractivity contribution in [3.8, 4) is 0 Å². The van der Waals surface area contributed by atoms with Crippen molar-refractivity contribution in [3.63, 3.8) is 0 Å². The van der Waals surface area contributed by atoms with Gasteiger partial charge in [-0.25, -0.2) is 0 Å². The standard InChI is InChI=1S/C27H42N4O3/c1-21-7-5-13-29(17-21)26(33)19-31(20-27(34)30-14-6-8-22(2)18-30)25-10-4-3-9-24(25)28-15-11-23(32)12-16-28/h3-4,9-10,21-23,32H,5-8,11-20H2,1-2H3/t21-,22-/m1/s1. The van der Waals surface area contributed by atoms with Gasteiger partial charge in [0.05, 0.1) is 30.6 Å². The number of piperidine rings is 3. The molecule has 2 atom stereocenters. The minimum atomic E-state index is -0.246. The van der Waals surface area contributed by atoms with Crippen molar-refractivity contribution in [1.82, 2.24) is 9.80 Å². The Balaban J connectivity index is 1.56. The van der Waals surface area contributed by atoms with Crippen molar-refractivity contribution in [2.75, 3.05) is 62.2 Å². The fourth-order valence-corrected chi connectivity index (χ4v) is 5.69. The van der Waals surface area contributed by atoms with Gasteiger partial charge in [-0.05, 0) is 62.5 Å². The van der Waals surface area contributed by atoms with E-state index in [0.717, 1.165) is 76.3 Å². The first kappa shape index (κ1) is 24.8. The maximum Gasteiger partial charge on any atom is 0.242 e. The molecular formula is C27H42N4O3. The molecule has 1 aromatic rings. The molecule has 4 rings (SSSR count). The van der Waals surface area contributed by atoms with Crippen molar-refractivity contribution in [2.45, 2.75) is 58.5 Å². The van der Waals surface area contributed by atoms with E-state index in [1.54, 1.807) is 0 Å². The third kappa shape index (κ3) is 6.23. The first-order chi connectivity index (χ1) is 16.4. The van der Waals surface area contributed by atoms with Crippen molar-refractivity contribution in [3.05, 3.63) is 24.3 Å². The second-order valence-electron chi connectivity index (χ2n) is 10.7. The van der Waals surface area contributed by atoms with E-state index in [1.165, 1.54) is 12.8 Å². The second-order valence-corrected chi connectivity index (χ2v) is 10.7. The molecule has 3 heterocycles. The van der Waals surface area contributed by atoms with Crippen LogP contribution in [0.4, 0.5) is 11.4 Å². The fraction of sp³-hybridized carbons (Fsp3) is 0.704. The van der Waals surface area contributed by atoms with E-state index in [0.29, 0.717) is 11.8 Å². The summed E-state index contributed by atoms with van der Waals surface area (Å²) in [6, 6.07) is 8.13. The molecule has 7 nitrogen and oxygen atoms in total. The molecule has 3 aliphatic rings. The Bertz CT molecular complexity index is 803. The summed E-state index contributed by atoms with van der Waals surface area (Å²) in [5.74, 6) is 1.26. The van der Waals surface area contributed by atoms with Gasteiger partial charge in [0.2, 0.25) is 11.8 Å². The molecule has 0 saturated carbocycles. The van der Waals surface area contributed by atoms with Gasteiger partial charge in [-0.15, -0.1) is 0 Å². The molecule has 0 spiro atoms. The largest absolute Gasteiger partial charge is 0.393 e. The SMILES string of the molecule is C[C@@H]1CCCN(C(=O)CN(CC(=O)N2CCC[C@@H](C)C2)c2ccccc2N2CCC(O)CC2)C1. The molecule has 0 radical (unpaired) electrons. The topological polar surface area (TPSA) is 67.3 Å². The van der Waals surface area contributed by atoms with Crippen LogP contribution in [-0.2, 0) is 9.59 Å². The zero-order chi connectivity index (χ0) is 24.1. The van der Waals surface area contributed by atoms with Crippen LogP contribution in [0.25, 0.3) is 0 Å². The van der Waals surface area contributed by atoms with Crippen LogP contribution >= 0.6 is 0 Å². The van der Waals surface area contributed by atoms with Crippen molar-refractivity contribution in [1.29, 1.82) is 0 Å². The summed E-state index contributed by atoms with van der Waals surface area (Å²) in [6.45, 7) is 9.62. The minimum Gasteiger partial charge on any atom is -0.393 e. The maximum absolute atomic E-state index is 13.4. The molecule has 34 heavy (non-hydrogen) atoms. The Labute approximate surface area is 204 Å². The van der Waals surface area contributed by atoms with E-state index in [-0.39, 0.29) is 31.0 Å². The lowest BCUT2D eigenvalue weighted by Crippen LogP contribution is -2.49. The number of carbonyl (C=O) groups is 2. The molecule has 2 amide bonds. The third-order valence-corrected chi connectivity index (χ3v) is 7.70. The van der Waals surface area contributed by atoms with Crippen LogP contribution in [0.15, 0.2) is 24.3 Å². The molecule has 188 valence electrons. The number of anilines is 2. The predicted octanol–water partition coefficient (Wildman–Crippen LogP) is 2.97. The zero-order valence-corrected chi connectivity index (χ0v) is 21.0. The Morgan fingerprint density at radius 3 is 1.91 bits per heavy atom. The lowest BCUT2D eigenvalue weighted by molar-refractivity contribution is -0.132. The van der Waals surface area contributed by atoms with Gasteiger partial charge in [0, 0.05) is 39.3 Å². The van der Waals surface area contributed by atoms with Gasteiger partial charge in [-0.3, -0.25) is 9.59 Å². The molecule has 0 aromatic heterocycles. The predicted molar refractivity (Wildman–Crippen MR) is 136 cm³/mol. The number of rotatable bonds is 6. The summed E-state index contributed by atoms with van der Waals surface area (Å²) in [4.78, 5) is 35.0. The van der Waals surface area contributed by atoms with E-state index >= 15 is 0 Å². The average Bonchev–Trinajstić information content (AvgIpc) is 2.84. The van der Waals surface area contributed by atoms with E-state index in [4.69, 9.17) is 0 Å². The monoisotopic (exact) mass is 470 g/mol. The van der Waals surface area contributed by atoms with E-state index < -0.39 is 0 Å². The van der Waals surface area contributed by atoms with E-state index in [9.17, 15) is 14.7 Å². The van der Waals surface area contributed by atoms with Gasteiger partial charge < -0.3 is 24.7 Å². The van der Waals surface area contributed by atoms with Crippen molar-refractivity contribution < 1.29 is 14.7 Å². The molecule has 1 N–H and O–H groups in total. The van der Waals surface area contributed by atoms with Crippen LogP contribution in [0.3, 0.4) is 0 Å². The van der Waals surface area contributed by atoms with Crippen LogP contribution in [0.5, 0.6) is 0 Å². The Morgan fingerprint density at radius 1 is 0.853 bits per heavy atom. The Kier molecular flexibility index (Phi) is 8.35.